The number of rotatable bonds is 2. The second-order valence-electron chi connectivity index (χ2n) is 4.77. The molecule has 1 aliphatic rings. The third-order valence-electron chi connectivity index (χ3n) is 3.34. The molecule has 0 radical (unpaired) electrons. The molecule has 0 heterocycles. The van der Waals surface area contributed by atoms with Gasteiger partial charge in [0.1, 0.15) is 0 Å². The Labute approximate surface area is 80.3 Å². The van der Waals surface area contributed by atoms with Gasteiger partial charge in [-0.25, -0.2) is 0 Å². The highest BCUT2D eigenvalue weighted by molar-refractivity contribution is 5.70. The van der Waals surface area contributed by atoms with Crippen LogP contribution >= 0.6 is 0 Å². The summed E-state index contributed by atoms with van der Waals surface area (Å²) in [6, 6.07) is 0. The molecule has 1 fully saturated rings. The molecule has 2 nitrogen and oxygen atoms in total. The van der Waals surface area contributed by atoms with Crippen LogP contribution in [-0.4, -0.2) is 11.1 Å². The summed E-state index contributed by atoms with van der Waals surface area (Å²) in [5, 5.41) is 9.08. The van der Waals surface area contributed by atoms with E-state index in [1.807, 2.05) is 0 Å². The van der Waals surface area contributed by atoms with Crippen molar-refractivity contribution in [2.24, 2.45) is 23.7 Å². The van der Waals surface area contributed by atoms with Crippen molar-refractivity contribution in [2.45, 2.75) is 40.0 Å². The molecular weight excluding hydrogens is 164 g/mol. The fourth-order valence-corrected chi connectivity index (χ4v) is 2.49. The van der Waals surface area contributed by atoms with Crippen molar-refractivity contribution < 1.29 is 9.90 Å². The van der Waals surface area contributed by atoms with Crippen LogP contribution in [0.2, 0.25) is 0 Å². The monoisotopic (exact) mass is 184 g/mol. The molecule has 0 aromatic rings. The number of aliphatic carboxylic acids is 1. The Bertz CT molecular complexity index is 187. The third kappa shape index (κ3) is 2.45. The molecule has 1 saturated carbocycles. The Morgan fingerprint density at radius 2 is 2.00 bits per heavy atom. The summed E-state index contributed by atoms with van der Waals surface area (Å²) in [6.07, 6.45) is 3.17. The molecule has 0 saturated heterocycles. The highest BCUT2D eigenvalue weighted by Gasteiger charge is 2.35. The van der Waals surface area contributed by atoms with Crippen molar-refractivity contribution in [3.63, 3.8) is 0 Å². The molecule has 2 heteroatoms. The lowest BCUT2D eigenvalue weighted by atomic mass is 9.70. The first-order valence-electron chi connectivity index (χ1n) is 5.25. The maximum absolute atomic E-state index is 11.0. The van der Waals surface area contributed by atoms with Crippen molar-refractivity contribution in [1.29, 1.82) is 0 Å². The van der Waals surface area contributed by atoms with Crippen molar-refractivity contribution in [1.82, 2.24) is 0 Å². The summed E-state index contributed by atoms with van der Waals surface area (Å²) in [6.45, 7) is 6.43. The number of carboxylic acid groups (broad SMARTS) is 1. The Hall–Kier alpha value is -0.530. The van der Waals surface area contributed by atoms with Gasteiger partial charge in [0.25, 0.3) is 0 Å². The molecule has 1 rings (SSSR count). The van der Waals surface area contributed by atoms with E-state index in [1.54, 1.807) is 0 Å². The predicted molar refractivity (Wildman–Crippen MR) is 52.5 cm³/mol. The molecule has 0 bridgehead atoms. The zero-order chi connectivity index (χ0) is 10.0. The number of carbonyl (C=O) groups is 1. The van der Waals surface area contributed by atoms with Crippen LogP contribution in [0.3, 0.4) is 0 Å². The smallest absolute Gasteiger partial charge is 0.306 e. The molecule has 3 atom stereocenters. The van der Waals surface area contributed by atoms with Gasteiger partial charge in [-0.3, -0.25) is 4.79 Å². The van der Waals surface area contributed by atoms with E-state index in [0.29, 0.717) is 17.8 Å². The first-order valence-corrected chi connectivity index (χ1v) is 5.25. The van der Waals surface area contributed by atoms with E-state index in [4.69, 9.17) is 5.11 Å². The summed E-state index contributed by atoms with van der Waals surface area (Å²) in [4.78, 5) is 11.0. The molecule has 0 aromatic carbocycles. The van der Waals surface area contributed by atoms with E-state index >= 15 is 0 Å². The normalized spacial score (nSPS) is 34.9. The SMILES string of the molecule is CC(C)C1CC[C@H](C)CC1C(=O)O. The van der Waals surface area contributed by atoms with Crippen molar-refractivity contribution in [3.8, 4) is 0 Å². The second kappa shape index (κ2) is 4.12. The Balaban J connectivity index is 2.66. The standard InChI is InChI=1S/C11H20O2/c1-7(2)9-5-4-8(3)6-10(9)11(12)13/h7-10H,4-6H2,1-3H3,(H,12,13)/t8-,9?,10?/m0/s1. The first kappa shape index (κ1) is 10.6. The van der Waals surface area contributed by atoms with Gasteiger partial charge in [-0.2, -0.15) is 0 Å². The summed E-state index contributed by atoms with van der Waals surface area (Å²) >= 11 is 0. The molecule has 76 valence electrons. The zero-order valence-electron chi connectivity index (χ0n) is 8.79. The predicted octanol–water partition coefficient (Wildman–Crippen LogP) is 2.78. The minimum atomic E-state index is -0.592. The van der Waals surface area contributed by atoms with E-state index in [0.717, 1.165) is 12.8 Å². The minimum Gasteiger partial charge on any atom is -0.481 e. The second-order valence-corrected chi connectivity index (χ2v) is 4.77. The summed E-state index contributed by atoms with van der Waals surface area (Å²) in [5.74, 6) is 0.812. The Kier molecular flexibility index (Phi) is 3.34. The van der Waals surface area contributed by atoms with Crippen LogP contribution in [0.4, 0.5) is 0 Å². The highest BCUT2D eigenvalue weighted by Crippen LogP contribution is 2.37. The number of carboxylic acids is 1. The van der Waals surface area contributed by atoms with Crippen LogP contribution in [0.25, 0.3) is 0 Å². The Morgan fingerprint density at radius 3 is 2.46 bits per heavy atom. The largest absolute Gasteiger partial charge is 0.481 e. The van der Waals surface area contributed by atoms with E-state index in [2.05, 4.69) is 20.8 Å². The summed E-state index contributed by atoms with van der Waals surface area (Å²) < 4.78 is 0. The van der Waals surface area contributed by atoms with Crippen molar-refractivity contribution in [2.75, 3.05) is 0 Å². The van der Waals surface area contributed by atoms with Crippen LogP contribution in [0.1, 0.15) is 40.0 Å². The maximum Gasteiger partial charge on any atom is 0.306 e. The molecule has 0 amide bonds. The van der Waals surface area contributed by atoms with E-state index in [9.17, 15) is 4.79 Å². The molecule has 2 unspecified atom stereocenters. The summed E-state index contributed by atoms with van der Waals surface area (Å²) in [7, 11) is 0. The molecule has 0 aromatic heterocycles. The quantitative estimate of drug-likeness (QED) is 0.716. The fraction of sp³-hybridized carbons (Fsp3) is 0.909. The summed E-state index contributed by atoms with van der Waals surface area (Å²) in [5.41, 5.74) is 0. The minimum absolute atomic E-state index is 0.0938. The molecule has 13 heavy (non-hydrogen) atoms. The maximum atomic E-state index is 11.0. The van der Waals surface area contributed by atoms with Crippen molar-refractivity contribution in [3.05, 3.63) is 0 Å². The lowest BCUT2D eigenvalue weighted by Crippen LogP contribution is -2.33. The number of hydrogen-bond acceptors (Lipinski definition) is 1. The van der Waals surface area contributed by atoms with E-state index in [1.165, 1.54) is 6.42 Å². The molecule has 0 aliphatic heterocycles. The van der Waals surface area contributed by atoms with E-state index < -0.39 is 5.97 Å². The van der Waals surface area contributed by atoms with Gasteiger partial charge in [-0.1, -0.05) is 27.2 Å². The fourth-order valence-electron chi connectivity index (χ4n) is 2.49. The van der Waals surface area contributed by atoms with Crippen LogP contribution in [-0.2, 0) is 4.79 Å². The van der Waals surface area contributed by atoms with Gasteiger partial charge in [0.15, 0.2) is 0 Å². The average Bonchev–Trinajstić information content (AvgIpc) is 2.03. The van der Waals surface area contributed by atoms with Crippen LogP contribution in [0, 0.1) is 23.7 Å². The number of hydrogen-bond donors (Lipinski definition) is 1. The van der Waals surface area contributed by atoms with Gasteiger partial charge in [-0.05, 0) is 30.6 Å². The van der Waals surface area contributed by atoms with Crippen molar-refractivity contribution >= 4 is 5.97 Å². The van der Waals surface area contributed by atoms with Crippen LogP contribution < -0.4 is 0 Å². The lowest BCUT2D eigenvalue weighted by Gasteiger charge is -2.34. The van der Waals surface area contributed by atoms with Gasteiger partial charge in [-0.15, -0.1) is 0 Å². The van der Waals surface area contributed by atoms with Crippen LogP contribution in [0.15, 0.2) is 0 Å². The lowest BCUT2D eigenvalue weighted by molar-refractivity contribution is -0.146. The molecule has 0 spiro atoms. The first-order chi connectivity index (χ1) is 6.02. The highest BCUT2D eigenvalue weighted by atomic mass is 16.4. The van der Waals surface area contributed by atoms with Crippen LogP contribution in [0.5, 0.6) is 0 Å². The molecular formula is C11H20O2. The van der Waals surface area contributed by atoms with E-state index in [-0.39, 0.29) is 5.92 Å². The van der Waals surface area contributed by atoms with Gasteiger partial charge in [0.05, 0.1) is 5.92 Å². The molecule has 1 N–H and O–H groups in total. The zero-order valence-corrected chi connectivity index (χ0v) is 8.79. The molecule has 1 aliphatic carbocycles. The third-order valence-corrected chi connectivity index (χ3v) is 3.34. The Morgan fingerprint density at radius 1 is 1.38 bits per heavy atom. The topological polar surface area (TPSA) is 37.3 Å². The van der Waals surface area contributed by atoms with Gasteiger partial charge >= 0.3 is 5.97 Å². The van der Waals surface area contributed by atoms with Gasteiger partial charge < -0.3 is 5.11 Å². The van der Waals surface area contributed by atoms with Gasteiger partial charge in [0.2, 0.25) is 0 Å². The average molecular weight is 184 g/mol. The van der Waals surface area contributed by atoms with Gasteiger partial charge in [0, 0.05) is 0 Å².